The van der Waals surface area contributed by atoms with Gasteiger partial charge < -0.3 is 5.32 Å². The summed E-state index contributed by atoms with van der Waals surface area (Å²) in [6.45, 7) is 0. The van der Waals surface area contributed by atoms with Crippen molar-refractivity contribution in [2.75, 3.05) is 7.05 Å². The number of hydrogen-bond donors (Lipinski definition) is 1. The van der Waals surface area contributed by atoms with Crippen LogP contribution in [0.15, 0.2) is 60.7 Å². The number of halogens is 2. The Hall–Kier alpha value is -1.46. The van der Waals surface area contributed by atoms with Crippen LogP contribution < -0.4 is 5.32 Å². The number of fused-ring (bicyclic) bond motifs is 1. The summed E-state index contributed by atoms with van der Waals surface area (Å²) in [5.74, 6) is -0.188. The van der Waals surface area contributed by atoms with Crippen molar-refractivity contribution in [1.82, 2.24) is 5.32 Å². The molecule has 23 heavy (non-hydrogen) atoms. The van der Waals surface area contributed by atoms with E-state index in [1.165, 1.54) is 32.0 Å². The Bertz CT molecular complexity index is 798. The average Bonchev–Trinajstić information content (AvgIpc) is 2.56. The molecule has 0 aliphatic heterocycles. The van der Waals surface area contributed by atoms with Crippen LogP contribution in [0.5, 0.6) is 0 Å². The van der Waals surface area contributed by atoms with Gasteiger partial charge in [0.25, 0.3) is 0 Å². The number of hydrogen-bond acceptors (Lipinski definition) is 1. The van der Waals surface area contributed by atoms with Gasteiger partial charge in [-0.15, -0.1) is 0 Å². The van der Waals surface area contributed by atoms with Gasteiger partial charge in [-0.05, 0) is 88.6 Å². The SMILES string of the molecule is CNC(CCc1cccc2cc(I)ccc12)c1ccc(F)cc1. The molecule has 0 bridgehead atoms. The lowest BCUT2D eigenvalue weighted by molar-refractivity contribution is 0.547. The molecule has 1 nitrogen and oxygen atoms in total. The molecule has 0 radical (unpaired) electrons. The first-order valence-corrected chi connectivity index (χ1v) is 8.85. The maximum Gasteiger partial charge on any atom is 0.123 e. The summed E-state index contributed by atoms with van der Waals surface area (Å²) < 4.78 is 14.3. The summed E-state index contributed by atoms with van der Waals surface area (Å²) in [7, 11) is 1.96. The van der Waals surface area contributed by atoms with E-state index in [9.17, 15) is 4.39 Å². The van der Waals surface area contributed by atoms with Crippen molar-refractivity contribution in [3.05, 3.63) is 81.2 Å². The van der Waals surface area contributed by atoms with Crippen LogP contribution in [0.1, 0.15) is 23.6 Å². The minimum Gasteiger partial charge on any atom is -0.313 e. The Morgan fingerprint density at radius 3 is 2.57 bits per heavy atom. The monoisotopic (exact) mass is 419 g/mol. The molecule has 0 aromatic heterocycles. The number of aryl methyl sites for hydroxylation is 1. The molecule has 0 saturated heterocycles. The van der Waals surface area contributed by atoms with Gasteiger partial charge in [0.05, 0.1) is 0 Å². The quantitative estimate of drug-likeness (QED) is 0.541. The highest BCUT2D eigenvalue weighted by atomic mass is 127. The van der Waals surface area contributed by atoms with Crippen molar-refractivity contribution in [3.8, 4) is 0 Å². The summed E-state index contributed by atoms with van der Waals surface area (Å²) in [4.78, 5) is 0. The fraction of sp³-hybridized carbons (Fsp3) is 0.200. The smallest absolute Gasteiger partial charge is 0.123 e. The Morgan fingerprint density at radius 2 is 1.83 bits per heavy atom. The van der Waals surface area contributed by atoms with Gasteiger partial charge >= 0.3 is 0 Å². The van der Waals surface area contributed by atoms with Crippen molar-refractivity contribution < 1.29 is 4.39 Å². The van der Waals surface area contributed by atoms with Gasteiger partial charge in [-0.3, -0.25) is 0 Å². The Balaban J connectivity index is 1.80. The van der Waals surface area contributed by atoms with E-state index in [-0.39, 0.29) is 11.9 Å². The molecule has 1 atom stereocenters. The molecule has 1 unspecified atom stereocenters. The molecule has 0 saturated carbocycles. The molecule has 0 aliphatic rings. The second kappa shape index (κ2) is 7.41. The summed E-state index contributed by atoms with van der Waals surface area (Å²) in [5.41, 5.74) is 2.49. The van der Waals surface area contributed by atoms with Crippen molar-refractivity contribution in [3.63, 3.8) is 0 Å². The van der Waals surface area contributed by atoms with E-state index in [1.54, 1.807) is 0 Å². The third-order valence-electron chi connectivity index (χ3n) is 4.26. The Kier molecular flexibility index (Phi) is 5.28. The third kappa shape index (κ3) is 3.90. The lowest BCUT2D eigenvalue weighted by atomic mass is 9.96. The molecule has 118 valence electrons. The molecule has 0 heterocycles. The highest BCUT2D eigenvalue weighted by molar-refractivity contribution is 14.1. The zero-order chi connectivity index (χ0) is 16.2. The van der Waals surface area contributed by atoms with Crippen LogP contribution in [0.3, 0.4) is 0 Å². The molecule has 0 aliphatic carbocycles. The molecular formula is C20H19FIN. The standard InChI is InChI=1S/C20H19FIN/c1-23-20(15-5-8-17(21)9-6-15)12-7-14-3-2-4-16-13-18(22)10-11-19(14)16/h2-6,8-11,13,20,23H,7,12H2,1H3. The Morgan fingerprint density at radius 1 is 1.04 bits per heavy atom. The van der Waals surface area contributed by atoms with Crippen molar-refractivity contribution in [2.45, 2.75) is 18.9 Å². The highest BCUT2D eigenvalue weighted by Gasteiger charge is 2.10. The topological polar surface area (TPSA) is 12.0 Å². The lowest BCUT2D eigenvalue weighted by Crippen LogP contribution is -2.17. The molecule has 1 N–H and O–H groups in total. The van der Waals surface area contributed by atoms with Gasteiger partial charge in [-0.2, -0.15) is 0 Å². The van der Waals surface area contributed by atoms with E-state index < -0.39 is 0 Å². The fourth-order valence-electron chi connectivity index (χ4n) is 3.01. The molecular weight excluding hydrogens is 400 g/mol. The molecule has 0 fully saturated rings. The van der Waals surface area contributed by atoms with Crippen LogP contribution in [0.2, 0.25) is 0 Å². The lowest BCUT2D eigenvalue weighted by Gasteiger charge is -2.17. The minimum absolute atomic E-state index is 0.188. The first-order valence-electron chi connectivity index (χ1n) is 7.77. The average molecular weight is 419 g/mol. The van der Waals surface area contributed by atoms with Crippen molar-refractivity contribution >= 4 is 33.4 Å². The van der Waals surface area contributed by atoms with Gasteiger partial charge in [-0.25, -0.2) is 4.39 Å². The van der Waals surface area contributed by atoms with E-state index in [0.717, 1.165) is 18.4 Å². The largest absolute Gasteiger partial charge is 0.313 e. The van der Waals surface area contributed by atoms with Gasteiger partial charge in [0.1, 0.15) is 5.82 Å². The predicted molar refractivity (Wildman–Crippen MR) is 103 cm³/mol. The zero-order valence-corrected chi connectivity index (χ0v) is 15.2. The van der Waals surface area contributed by atoms with Crippen LogP contribution >= 0.6 is 22.6 Å². The Labute approximate surface area is 150 Å². The molecule has 3 rings (SSSR count). The van der Waals surface area contributed by atoms with Crippen LogP contribution in [-0.2, 0) is 6.42 Å². The van der Waals surface area contributed by atoms with Crippen LogP contribution in [-0.4, -0.2) is 7.05 Å². The van der Waals surface area contributed by atoms with Crippen LogP contribution in [0, 0.1) is 9.39 Å². The summed E-state index contributed by atoms with van der Waals surface area (Å²) >= 11 is 2.35. The second-order valence-electron chi connectivity index (χ2n) is 5.71. The van der Waals surface area contributed by atoms with Gasteiger partial charge in [0.2, 0.25) is 0 Å². The van der Waals surface area contributed by atoms with Crippen molar-refractivity contribution in [2.24, 2.45) is 0 Å². The van der Waals surface area contributed by atoms with Gasteiger partial charge in [0, 0.05) is 9.61 Å². The first-order chi connectivity index (χ1) is 11.2. The maximum absolute atomic E-state index is 13.1. The zero-order valence-electron chi connectivity index (χ0n) is 13.0. The van der Waals surface area contributed by atoms with Crippen LogP contribution in [0.4, 0.5) is 4.39 Å². The van der Waals surface area contributed by atoms with Crippen molar-refractivity contribution in [1.29, 1.82) is 0 Å². The van der Waals surface area contributed by atoms with Gasteiger partial charge in [0.15, 0.2) is 0 Å². The second-order valence-corrected chi connectivity index (χ2v) is 6.96. The highest BCUT2D eigenvalue weighted by Crippen LogP contribution is 2.25. The molecule has 3 aromatic rings. The first kappa shape index (κ1) is 16.4. The summed E-state index contributed by atoms with van der Waals surface area (Å²) in [6, 6.07) is 20.1. The van der Waals surface area contributed by atoms with E-state index in [4.69, 9.17) is 0 Å². The van der Waals surface area contributed by atoms with Gasteiger partial charge in [-0.1, -0.05) is 36.4 Å². The molecule has 3 aromatic carbocycles. The maximum atomic E-state index is 13.1. The minimum atomic E-state index is -0.188. The molecule has 0 spiro atoms. The number of rotatable bonds is 5. The summed E-state index contributed by atoms with van der Waals surface area (Å²) in [6.07, 6.45) is 1.97. The van der Waals surface area contributed by atoms with E-state index >= 15 is 0 Å². The number of nitrogens with one attached hydrogen (secondary N) is 1. The van der Waals surface area contributed by atoms with E-state index in [0.29, 0.717) is 0 Å². The summed E-state index contributed by atoms with van der Waals surface area (Å²) in [5, 5.41) is 5.95. The van der Waals surface area contributed by atoms with E-state index in [1.807, 2.05) is 19.2 Å². The third-order valence-corrected chi connectivity index (χ3v) is 4.93. The molecule has 3 heteroatoms. The normalized spacial score (nSPS) is 12.5. The molecule has 0 amide bonds. The number of benzene rings is 3. The predicted octanol–water partition coefficient (Wildman–Crippen LogP) is 5.48. The van der Waals surface area contributed by atoms with E-state index in [2.05, 4.69) is 64.3 Å². The van der Waals surface area contributed by atoms with Crippen LogP contribution in [0.25, 0.3) is 10.8 Å². The fourth-order valence-corrected chi connectivity index (χ4v) is 3.53.